The molecule has 0 N–H and O–H groups in total. The molecular weight excluding hydrogens is 372 g/mol. The minimum atomic E-state index is -0.632. The number of hydrogen-bond donors (Lipinski definition) is 0. The zero-order valence-corrected chi connectivity index (χ0v) is 16.3. The standard InChI is InChI=1S/C22H20N2O5/c1-14-4-7-18(12-20(14)24(27)28)21(25)13-29-22(26)17-8-10-19(11-9-17)23-15(2)5-6-16(23)3/h4-12H,13H2,1-3H3. The first-order chi connectivity index (χ1) is 13.8. The Morgan fingerprint density at radius 2 is 1.52 bits per heavy atom. The van der Waals surface area contributed by atoms with Gasteiger partial charge in [-0.1, -0.05) is 12.1 Å². The van der Waals surface area contributed by atoms with Gasteiger partial charge in [-0.15, -0.1) is 0 Å². The molecule has 0 aliphatic rings. The molecule has 7 nitrogen and oxygen atoms in total. The van der Waals surface area contributed by atoms with Crippen LogP contribution in [0.3, 0.4) is 0 Å². The molecule has 1 heterocycles. The molecule has 0 saturated carbocycles. The van der Waals surface area contributed by atoms with Gasteiger partial charge in [-0.05, 0) is 57.2 Å². The molecule has 29 heavy (non-hydrogen) atoms. The number of hydrogen-bond acceptors (Lipinski definition) is 5. The number of carbonyl (C=O) groups is 2. The van der Waals surface area contributed by atoms with E-state index >= 15 is 0 Å². The summed E-state index contributed by atoms with van der Waals surface area (Å²) in [5, 5.41) is 11.0. The molecule has 0 bridgehead atoms. The number of rotatable bonds is 6. The molecule has 0 radical (unpaired) electrons. The van der Waals surface area contributed by atoms with E-state index in [0.29, 0.717) is 11.1 Å². The van der Waals surface area contributed by atoms with Crippen LogP contribution in [-0.4, -0.2) is 27.8 Å². The van der Waals surface area contributed by atoms with E-state index in [1.807, 2.05) is 38.1 Å². The summed E-state index contributed by atoms with van der Waals surface area (Å²) in [6.07, 6.45) is 0. The lowest BCUT2D eigenvalue weighted by Gasteiger charge is -2.10. The van der Waals surface area contributed by atoms with Crippen LogP contribution in [0.25, 0.3) is 5.69 Å². The van der Waals surface area contributed by atoms with E-state index < -0.39 is 23.3 Å². The topological polar surface area (TPSA) is 91.4 Å². The summed E-state index contributed by atoms with van der Waals surface area (Å²) < 4.78 is 7.15. The molecule has 0 aliphatic heterocycles. The lowest BCUT2D eigenvalue weighted by atomic mass is 10.1. The molecule has 0 atom stereocenters. The maximum atomic E-state index is 12.3. The average Bonchev–Trinajstić information content (AvgIpc) is 3.04. The van der Waals surface area contributed by atoms with Gasteiger partial charge in [0.1, 0.15) is 0 Å². The number of benzene rings is 2. The van der Waals surface area contributed by atoms with E-state index in [-0.39, 0.29) is 11.3 Å². The van der Waals surface area contributed by atoms with Gasteiger partial charge in [-0.2, -0.15) is 0 Å². The third-order valence-electron chi connectivity index (χ3n) is 4.69. The van der Waals surface area contributed by atoms with Crippen molar-refractivity contribution in [3.8, 4) is 5.69 Å². The normalized spacial score (nSPS) is 10.6. The highest BCUT2D eigenvalue weighted by Crippen LogP contribution is 2.20. The van der Waals surface area contributed by atoms with Gasteiger partial charge >= 0.3 is 5.97 Å². The molecule has 0 amide bonds. The highest BCUT2D eigenvalue weighted by molar-refractivity contribution is 5.99. The number of nitro benzene ring substituents is 1. The van der Waals surface area contributed by atoms with Crippen LogP contribution in [-0.2, 0) is 4.74 Å². The maximum absolute atomic E-state index is 12.3. The predicted octanol–water partition coefficient (Wildman–Crippen LogP) is 4.35. The van der Waals surface area contributed by atoms with Gasteiger partial charge < -0.3 is 9.30 Å². The Balaban J connectivity index is 1.67. The Kier molecular flexibility index (Phi) is 5.59. The van der Waals surface area contributed by atoms with Crippen LogP contribution >= 0.6 is 0 Å². The fraction of sp³-hybridized carbons (Fsp3) is 0.182. The van der Waals surface area contributed by atoms with Gasteiger partial charge in [0.05, 0.1) is 10.5 Å². The van der Waals surface area contributed by atoms with Crippen LogP contribution < -0.4 is 0 Å². The molecule has 0 fully saturated rings. The minimum absolute atomic E-state index is 0.129. The summed E-state index contributed by atoms with van der Waals surface area (Å²) in [6, 6.07) is 15.1. The fourth-order valence-corrected chi connectivity index (χ4v) is 3.10. The van der Waals surface area contributed by atoms with Crippen molar-refractivity contribution in [1.82, 2.24) is 4.57 Å². The van der Waals surface area contributed by atoms with E-state index in [1.54, 1.807) is 19.1 Å². The van der Waals surface area contributed by atoms with Gasteiger partial charge in [-0.3, -0.25) is 14.9 Å². The zero-order chi connectivity index (χ0) is 21.1. The van der Waals surface area contributed by atoms with Crippen molar-refractivity contribution in [2.45, 2.75) is 20.8 Å². The summed E-state index contributed by atoms with van der Waals surface area (Å²) in [5.74, 6) is -1.14. The van der Waals surface area contributed by atoms with Crippen LogP contribution in [0.4, 0.5) is 5.69 Å². The highest BCUT2D eigenvalue weighted by Gasteiger charge is 2.17. The van der Waals surface area contributed by atoms with Crippen molar-refractivity contribution >= 4 is 17.4 Å². The Morgan fingerprint density at radius 3 is 2.10 bits per heavy atom. The molecule has 3 aromatic rings. The number of carbonyl (C=O) groups excluding carboxylic acids is 2. The number of Topliss-reactive ketones (excluding diaryl/α,β-unsaturated/α-hetero) is 1. The number of nitro groups is 1. The van der Waals surface area contributed by atoms with Crippen LogP contribution in [0.15, 0.2) is 54.6 Å². The highest BCUT2D eigenvalue weighted by atomic mass is 16.6. The monoisotopic (exact) mass is 392 g/mol. The second-order valence-electron chi connectivity index (χ2n) is 6.76. The smallest absolute Gasteiger partial charge is 0.338 e. The van der Waals surface area contributed by atoms with Crippen LogP contribution in [0.5, 0.6) is 0 Å². The number of nitrogens with zero attached hydrogens (tertiary/aromatic N) is 2. The second kappa shape index (κ2) is 8.10. The van der Waals surface area contributed by atoms with E-state index in [0.717, 1.165) is 17.1 Å². The quantitative estimate of drug-likeness (QED) is 0.269. The van der Waals surface area contributed by atoms with Gasteiger partial charge in [0.15, 0.2) is 6.61 Å². The summed E-state index contributed by atoms with van der Waals surface area (Å²) in [4.78, 5) is 35.0. The molecule has 0 unspecified atom stereocenters. The fourth-order valence-electron chi connectivity index (χ4n) is 3.10. The van der Waals surface area contributed by atoms with Crippen molar-refractivity contribution in [2.75, 3.05) is 6.61 Å². The molecule has 0 spiro atoms. The van der Waals surface area contributed by atoms with Crippen molar-refractivity contribution in [2.24, 2.45) is 0 Å². The third kappa shape index (κ3) is 4.24. The first kappa shape index (κ1) is 20.0. The number of aryl methyl sites for hydroxylation is 3. The van der Waals surface area contributed by atoms with Gasteiger partial charge in [0.25, 0.3) is 5.69 Å². The Morgan fingerprint density at radius 1 is 0.931 bits per heavy atom. The van der Waals surface area contributed by atoms with Crippen molar-refractivity contribution in [3.05, 3.63) is 92.8 Å². The first-order valence-electron chi connectivity index (χ1n) is 8.98. The lowest BCUT2D eigenvalue weighted by molar-refractivity contribution is -0.385. The zero-order valence-electron chi connectivity index (χ0n) is 16.3. The molecular formula is C22H20N2O5. The van der Waals surface area contributed by atoms with E-state index in [1.165, 1.54) is 18.2 Å². The summed E-state index contributed by atoms with van der Waals surface area (Å²) in [6.45, 7) is 5.09. The second-order valence-corrected chi connectivity index (χ2v) is 6.76. The van der Waals surface area contributed by atoms with Crippen LogP contribution in [0.1, 0.15) is 37.7 Å². The molecule has 2 aromatic carbocycles. The minimum Gasteiger partial charge on any atom is -0.454 e. The SMILES string of the molecule is Cc1ccc(C(=O)COC(=O)c2ccc(-n3c(C)ccc3C)cc2)cc1[N+](=O)[O-]. The molecule has 3 rings (SSSR count). The summed E-state index contributed by atoms with van der Waals surface area (Å²) in [5.41, 5.74) is 3.84. The number of ether oxygens (including phenoxy) is 1. The van der Waals surface area contributed by atoms with Crippen LogP contribution in [0, 0.1) is 30.9 Å². The molecule has 7 heteroatoms. The Hall–Kier alpha value is -3.74. The average molecular weight is 392 g/mol. The predicted molar refractivity (Wildman–Crippen MR) is 108 cm³/mol. The summed E-state index contributed by atoms with van der Waals surface area (Å²) >= 11 is 0. The first-order valence-corrected chi connectivity index (χ1v) is 8.98. The van der Waals surface area contributed by atoms with E-state index in [2.05, 4.69) is 4.57 Å². The lowest BCUT2D eigenvalue weighted by Crippen LogP contribution is -2.14. The maximum Gasteiger partial charge on any atom is 0.338 e. The van der Waals surface area contributed by atoms with Gasteiger partial charge in [-0.25, -0.2) is 4.79 Å². The summed E-state index contributed by atoms with van der Waals surface area (Å²) in [7, 11) is 0. The number of esters is 1. The van der Waals surface area contributed by atoms with Gasteiger partial charge in [0.2, 0.25) is 5.78 Å². The molecule has 0 aliphatic carbocycles. The van der Waals surface area contributed by atoms with E-state index in [9.17, 15) is 19.7 Å². The number of aromatic nitrogens is 1. The Labute approximate surface area is 167 Å². The molecule has 0 saturated heterocycles. The van der Waals surface area contributed by atoms with Gasteiger partial charge in [0, 0.05) is 34.3 Å². The van der Waals surface area contributed by atoms with Crippen molar-refractivity contribution in [1.29, 1.82) is 0 Å². The third-order valence-corrected chi connectivity index (χ3v) is 4.69. The molecule has 1 aromatic heterocycles. The van der Waals surface area contributed by atoms with Crippen molar-refractivity contribution < 1.29 is 19.2 Å². The number of ketones is 1. The molecule has 148 valence electrons. The Bertz CT molecular complexity index is 1080. The van der Waals surface area contributed by atoms with Crippen LogP contribution in [0.2, 0.25) is 0 Å². The largest absolute Gasteiger partial charge is 0.454 e. The van der Waals surface area contributed by atoms with Crippen molar-refractivity contribution in [3.63, 3.8) is 0 Å². The van der Waals surface area contributed by atoms with E-state index in [4.69, 9.17) is 4.74 Å².